The van der Waals surface area contributed by atoms with Crippen LogP contribution in [-0.4, -0.2) is 9.51 Å². The van der Waals surface area contributed by atoms with Crippen LogP contribution in [0, 0.1) is 0 Å². The minimum absolute atomic E-state index is 0.410. The molecule has 0 aliphatic carbocycles. The lowest BCUT2D eigenvalue weighted by molar-refractivity contribution is 0.199. The lowest BCUT2D eigenvalue weighted by Crippen LogP contribution is -1.89. The van der Waals surface area contributed by atoms with Crippen LogP contribution in [0.3, 0.4) is 0 Å². The number of aliphatic hydroxyl groups is 1. The van der Waals surface area contributed by atoms with Gasteiger partial charge in [0, 0.05) is 23.5 Å². The van der Waals surface area contributed by atoms with Crippen molar-refractivity contribution in [2.75, 3.05) is 0 Å². The molecule has 0 aliphatic heterocycles. The van der Waals surface area contributed by atoms with E-state index >= 15 is 0 Å². The van der Waals surface area contributed by atoms with E-state index in [2.05, 4.69) is 34.9 Å². The first-order valence-corrected chi connectivity index (χ1v) is 6.09. The van der Waals surface area contributed by atoms with Crippen LogP contribution >= 0.6 is 0 Å². The fraction of sp³-hybridized carbons (Fsp3) is 0.125. The number of aromatic nitrogens is 1. The maximum Gasteiger partial charge on any atom is 0.0761 e. The Balaban J connectivity index is 2.03. The highest BCUT2D eigenvalue weighted by molar-refractivity contribution is 5.70. The molecule has 0 radical (unpaired) electrons. The molecule has 18 heavy (non-hydrogen) atoms. The largest absolute Gasteiger partial charge is 0.389 e. The second kappa shape index (κ2) is 4.31. The molecule has 1 unspecified atom stereocenters. The molecule has 1 atom stereocenters. The van der Waals surface area contributed by atoms with Gasteiger partial charge in [0.2, 0.25) is 0 Å². The van der Waals surface area contributed by atoms with Gasteiger partial charge in [-0.05, 0) is 36.2 Å². The molecule has 2 aromatic heterocycles. The number of benzene rings is 1. The lowest BCUT2D eigenvalue weighted by Gasteiger charge is -2.05. The summed E-state index contributed by atoms with van der Waals surface area (Å²) < 4.78 is 2.11. The summed E-state index contributed by atoms with van der Waals surface area (Å²) in [7, 11) is 0. The molecule has 0 saturated heterocycles. The summed E-state index contributed by atoms with van der Waals surface area (Å²) in [5.74, 6) is 0. The van der Waals surface area contributed by atoms with Crippen LogP contribution in [0.25, 0.3) is 16.6 Å². The van der Waals surface area contributed by atoms with E-state index in [0.717, 1.165) is 5.56 Å². The number of hydrogen-bond donors (Lipinski definition) is 1. The predicted molar refractivity (Wildman–Crippen MR) is 73.5 cm³/mol. The minimum atomic E-state index is -0.410. The Morgan fingerprint density at radius 1 is 1.00 bits per heavy atom. The van der Waals surface area contributed by atoms with Crippen LogP contribution < -0.4 is 0 Å². The van der Waals surface area contributed by atoms with Gasteiger partial charge in [0.25, 0.3) is 0 Å². The van der Waals surface area contributed by atoms with Gasteiger partial charge in [-0.1, -0.05) is 30.3 Å². The van der Waals surface area contributed by atoms with Gasteiger partial charge >= 0.3 is 0 Å². The molecule has 3 rings (SSSR count). The summed E-state index contributed by atoms with van der Waals surface area (Å²) in [6, 6.07) is 16.4. The lowest BCUT2D eigenvalue weighted by atomic mass is 10.0. The number of aliphatic hydroxyl groups excluding tert-OH is 1. The summed E-state index contributed by atoms with van der Waals surface area (Å²) in [5, 5.41) is 9.50. The van der Waals surface area contributed by atoms with E-state index in [1.54, 1.807) is 6.92 Å². The van der Waals surface area contributed by atoms with Crippen molar-refractivity contribution in [3.8, 4) is 11.1 Å². The van der Waals surface area contributed by atoms with Crippen LogP contribution in [0.4, 0.5) is 0 Å². The number of pyridine rings is 1. The summed E-state index contributed by atoms with van der Waals surface area (Å²) in [5.41, 5.74) is 4.50. The second-order valence-corrected chi connectivity index (χ2v) is 4.56. The quantitative estimate of drug-likeness (QED) is 0.722. The van der Waals surface area contributed by atoms with Crippen LogP contribution in [0.15, 0.2) is 60.9 Å². The molecule has 1 N–H and O–H groups in total. The third-order valence-corrected chi connectivity index (χ3v) is 3.23. The van der Waals surface area contributed by atoms with Crippen molar-refractivity contribution in [1.29, 1.82) is 0 Å². The maximum absolute atomic E-state index is 9.50. The van der Waals surface area contributed by atoms with E-state index in [9.17, 15) is 5.11 Å². The SMILES string of the molecule is CC(O)c1ccc(-c2cc3ccccn3c2)cc1. The monoisotopic (exact) mass is 237 g/mol. The summed E-state index contributed by atoms with van der Waals surface area (Å²) >= 11 is 0. The van der Waals surface area contributed by atoms with Gasteiger partial charge in [-0.25, -0.2) is 0 Å². The number of nitrogens with zero attached hydrogens (tertiary/aromatic N) is 1. The van der Waals surface area contributed by atoms with Gasteiger partial charge in [-0.3, -0.25) is 0 Å². The van der Waals surface area contributed by atoms with E-state index in [4.69, 9.17) is 0 Å². The summed E-state index contributed by atoms with van der Waals surface area (Å²) in [6.07, 6.45) is 3.75. The predicted octanol–water partition coefficient (Wildman–Crippen LogP) is 3.66. The highest BCUT2D eigenvalue weighted by atomic mass is 16.3. The molecule has 0 spiro atoms. The number of hydrogen-bond acceptors (Lipinski definition) is 1. The molecule has 1 aromatic carbocycles. The Hall–Kier alpha value is -2.06. The zero-order chi connectivity index (χ0) is 12.5. The first-order chi connectivity index (χ1) is 8.74. The summed E-state index contributed by atoms with van der Waals surface area (Å²) in [4.78, 5) is 0. The normalized spacial score (nSPS) is 12.8. The highest BCUT2D eigenvalue weighted by Crippen LogP contribution is 2.24. The highest BCUT2D eigenvalue weighted by Gasteiger charge is 2.04. The van der Waals surface area contributed by atoms with Gasteiger partial charge in [0.15, 0.2) is 0 Å². The van der Waals surface area contributed by atoms with Crippen LogP contribution in [0.5, 0.6) is 0 Å². The molecule has 0 aliphatic rings. The molecule has 0 bridgehead atoms. The van der Waals surface area contributed by atoms with Gasteiger partial charge in [-0.15, -0.1) is 0 Å². The van der Waals surface area contributed by atoms with E-state index in [1.807, 2.05) is 30.5 Å². The van der Waals surface area contributed by atoms with Crippen molar-refractivity contribution in [2.24, 2.45) is 0 Å². The van der Waals surface area contributed by atoms with Crippen molar-refractivity contribution in [1.82, 2.24) is 4.40 Å². The molecular weight excluding hydrogens is 222 g/mol. The molecule has 90 valence electrons. The zero-order valence-corrected chi connectivity index (χ0v) is 10.2. The fourth-order valence-corrected chi connectivity index (χ4v) is 2.17. The van der Waals surface area contributed by atoms with Gasteiger partial charge < -0.3 is 9.51 Å². The second-order valence-electron chi connectivity index (χ2n) is 4.56. The van der Waals surface area contributed by atoms with Gasteiger partial charge in [0.05, 0.1) is 6.10 Å². The van der Waals surface area contributed by atoms with Crippen LogP contribution in [0.1, 0.15) is 18.6 Å². The molecule has 0 fully saturated rings. The molecular formula is C16H15NO. The van der Waals surface area contributed by atoms with E-state index in [-0.39, 0.29) is 0 Å². The smallest absolute Gasteiger partial charge is 0.0761 e. The Morgan fingerprint density at radius 2 is 1.78 bits per heavy atom. The van der Waals surface area contributed by atoms with Crippen LogP contribution in [0.2, 0.25) is 0 Å². The number of fused-ring (bicyclic) bond motifs is 1. The number of rotatable bonds is 2. The summed E-state index contributed by atoms with van der Waals surface area (Å²) in [6.45, 7) is 1.78. The van der Waals surface area contributed by atoms with E-state index < -0.39 is 6.10 Å². The molecule has 2 nitrogen and oxygen atoms in total. The third kappa shape index (κ3) is 1.91. The molecule has 2 heterocycles. The molecule has 2 heteroatoms. The zero-order valence-electron chi connectivity index (χ0n) is 10.2. The van der Waals surface area contributed by atoms with Crippen LogP contribution in [-0.2, 0) is 0 Å². The van der Waals surface area contributed by atoms with E-state index in [0.29, 0.717) is 0 Å². The van der Waals surface area contributed by atoms with Crippen molar-refractivity contribution in [3.05, 3.63) is 66.5 Å². The van der Waals surface area contributed by atoms with Crippen molar-refractivity contribution >= 4 is 5.52 Å². The fourth-order valence-electron chi connectivity index (χ4n) is 2.17. The minimum Gasteiger partial charge on any atom is -0.389 e. The van der Waals surface area contributed by atoms with Gasteiger partial charge in [-0.2, -0.15) is 0 Å². The first kappa shape index (κ1) is 11.1. The maximum atomic E-state index is 9.50. The van der Waals surface area contributed by atoms with Crippen molar-refractivity contribution < 1.29 is 5.11 Å². The Labute approximate surface area is 106 Å². The van der Waals surface area contributed by atoms with Crippen molar-refractivity contribution in [3.63, 3.8) is 0 Å². The average molecular weight is 237 g/mol. The Kier molecular flexibility index (Phi) is 2.65. The topological polar surface area (TPSA) is 24.6 Å². The third-order valence-electron chi connectivity index (χ3n) is 3.23. The van der Waals surface area contributed by atoms with Gasteiger partial charge in [0.1, 0.15) is 0 Å². The van der Waals surface area contributed by atoms with Crippen molar-refractivity contribution in [2.45, 2.75) is 13.0 Å². The molecule has 3 aromatic rings. The Bertz CT molecular complexity index is 632. The Morgan fingerprint density at radius 3 is 2.44 bits per heavy atom. The molecule has 0 saturated carbocycles. The van der Waals surface area contributed by atoms with E-state index in [1.165, 1.54) is 16.6 Å². The standard InChI is InChI=1S/C16H15NO/c1-12(18)13-5-7-14(8-6-13)15-10-16-4-2-3-9-17(16)11-15/h2-12,18H,1H3. The first-order valence-electron chi connectivity index (χ1n) is 6.09. The molecule has 0 amide bonds. The average Bonchev–Trinajstić information content (AvgIpc) is 2.82.